The maximum Gasteiger partial charge on any atom is 0.427 e. The molecule has 0 spiro atoms. The first kappa shape index (κ1) is 19.2. The van der Waals surface area contributed by atoms with Crippen LogP contribution in [0.15, 0.2) is 36.5 Å². The lowest BCUT2D eigenvalue weighted by atomic mass is 10.1. The first-order valence-electron chi connectivity index (χ1n) is 7.89. The van der Waals surface area contributed by atoms with E-state index < -0.39 is 35.0 Å². The molecule has 3 rings (SSSR count). The standard InChI is InChI=1S/C18H13F5N2OS/c1-2-10-6-7-14(24-8-10)15-11(17(27-25-15)18(21,22)23)9-26-16-12(19)4-3-5-13(16)20/h3-8H,2,9H2,1H3. The van der Waals surface area contributed by atoms with Crippen LogP contribution in [0.3, 0.4) is 0 Å². The number of nitrogens with zero attached hydrogens (tertiary/aromatic N) is 2. The Morgan fingerprint density at radius 1 is 1.07 bits per heavy atom. The van der Waals surface area contributed by atoms with E-state index in [1.54, 1.807) is 18.3 Å². The van der Waals surface area contributed by atoms with Gasteiger partial charge in [0.05, 0.1) is 5.69 Å². The van der Waals surface area contributed by atoms with Gasteiger partial charge in [0.15, 0.2) is 17.4 Å². The molecule has 0 radical (unpaired) electrons. The number of halogens is 5. The fraction of sp³-hybridized carbons (Fsp3) is 0.222. The number of aromatic nitrogens is 2. The summed E-state index contributed by atoms with van der Waals surface area (Å²) in [4.78, 5) is 3.15. The Bertz CT molecular complexity index is 918. The van der Waals surface area contributed by atoms with Crippen molar-refractivity contribution in [2.75, 3.05) is 0 Å². The summed E-state index contributed by atoms with van der Waals surface area (Å²) in [7, 11) is 0. The Kier molecular flexibility index (Phi) is 5.41. The zero-order chi connectivity index (χ0) is 19.6. The molecule has 0 aliphatic rings. The van der Waals surface area contributed by atoms with Gasteiger partial charge in [-0.05, 0) is 41.7 Å². The van der Waals surface area contributed by atoms with Gasteiger partial charge in [-0.2, -0.15) is 17.5 Å². The summed E-state index contributed by atoms with van der Waals surface area (Å²) in [6.07, 6.45) is -2.41. The van der Waals surface area contributed by atoms with Gasteiger partial charge in [0.25, 0.3) is 0 Å². The zero-order valence-corrected chi connectivity index (χ0v) is 14.8. The Labute approximate surface area is 155 Å². The first-order valence-corrected chi connectivity index (χ1v) is 8.66. The van der Waals surface area contributed by atoms with Crippen LogP contribution in [0.25, 0.3) is 11.4 Å². The number of ether oxygens (including phenoxy) is 1. The normalized spacial score (nSPS) is 11.6. The smallest absolute Gasteiger partial charge is 0.427 e. The average Bonchev–Trinajstić information content (AvgIpc) is 3.05. The van der Waals surface area contributed by atoms with Crippen LogP contribution < -0.4 is 4.74 Å². The van der Waals surface area contributed by atoms with E-state index in [-0.39, 0.29) is 28.5 Å². The largest absolute Gasteiger partial charge is 0.483 e. The summed E-state index contributed by atoms with van der Waals surface area (Å²) in [6, 6.07) is 6.34. The molecule has 0 saturated heterocycles. The highest BCUT2D eigenvalue weighted by Gasteiger charge is 2.38. The van der Waals surface area contributed by atoms with Gasteiger partial charge >= 0.3 is 6.18 Å². The Hall–Kier alpha value is -2.55. The fourth-order valence-corrected chi connectivity index (χ4v) is 3.16. The second kappa shape index (κ2) is 7.59. The molecule has 9 heteroatoms. The minimum atomic E-state index is -4.67. The summed E-state index contributed by atoms with van der Waals surface area (Å²) in [5, 5.41) is 0. The molecule has 2 heterocycles. The number of aryl methyl sites for hydroxylation is 1. The Morgan fingerprint density at radius 2 is 1.78 bits per heavy atom. The van der Waals surface area contributed by atoms with Crippen LogP contribution in [0, 0.1) is 11.6 Å². The van der Waals surface area contributed by atoms with E-state index >= 15 is 0 Å². The van der Waals surface area contributed by atoms with E-state index in [0.717, 1.165) is 30.2 Å². The number of pyridine rings is 1. The minimum absolute atomic E-state index is 0.0216. The van der Waals surface area contributed by atoms with Crippen molar-refractivity contribution in [1.29, 1.82) is 0 Å². The van der Waals surface area contributed by atoms with Gasteiger partial charge in [-0.3, -0.25) is 4.98 Å². The van der Waals surface area contributed by atoms with Crippen molar-refractivity contribution < 1.29 is 26.7 Å². The molecule has 0 fully saturated rings. The van der Waals surface area contributed by atoms with E-state index in [4.69, 9.17) is 4.74 Å². The molecule has 0 bridgehead atoms. The van der Waals surface area contributed by atoms with Gasteiger partial charge in [-0.1, -0.05) is 19.1 Å². The van der Waals surface area contributed by atoms with E-state index in [2.05, 4.69) is 9.36 Å². The van der Waals surface area contributed by atoms with Crippen LogP contribution in [0.5, 0.6) is 5.75 Å². The van der Waals surface area contributed by atoms with Crippen molar-refractivity contribution in [2.24, 2.45) is 0 Å². The zero-order valence-electron chi connectivity index (χ0n) is 14.0. The fourth-order valence-electron chi connectivity index (χ4n) is 2.41. The van der Waals surface area contributed by atoms with Gasteiger partial charge < -0.3 is 4.74 Å². The maximum absolute atomic E-state index is 13.7. The molecule has 3 nitrogen and oxygen atoms in total. The molecule has 3 aromatic rings. The first-order chi connectivity index (χ1) is 12.8. The van der Waals surface area contributed by atoms with Crippen molar-refractivity contribution >= 4 is 11.5 Å². The molecule has 0 N–H and O–H groups in total. The van der Waals surface area contributed by atoms with Crippen molar-refractivity contribution in [2.45, 2.75) is 26.1 Å². The molecule has 0 aliphatic heterocycles. The number of hydrogen-bond acceptors (Lipinski definition) is 4. The predicted octanol–water partition coefficient (Wildman–Crippen LogP) is 5.64. The van der Waals surface area contributed by atoms with Crippen molar-refractivity contribution in [3.05, 3.63) is 64.2 Å². The number of para-hydroxylation sites is 1. The second-order valence-corrected chi connectivity index (χ2v) is 6.35. The van der Waals surface area contributed by atoms with E-state index in [0.29, 0.717) is 0 Å². The molecular weight excluding hydrogens is 387 g/mol. The third-order valence-electron chi connectivity index (χ3n) is 3.80. The lowest BCUT2D eigenvalue weighted by molar-refractivity contribution is -0.135. The highest BCUT2D eigenvalue weighted by molar-refractivity contribution is 7.06. The maximum atomic E-state index is 13.7. The average molecular weight is 400 g/mol. The van der Waals surface area contributed by atoms with E-state index in [9.17, 15) is 22.0 Å². The second-order valence-electron chi connectivity index (χ2n) is 5.58. The molecular formula is C18H13F5N2OS. The van der Waals surface area contributed by atoms with Crippen molar-refractivity contribution in [1.82, 2.24) is 9.36 Å². The molecule has 142 valence electrons. The molecule has 0 saturated carbocycles. The summed E-state index contributed by atoms with van der Waals surface area (Å²) in [5.74, 6) is -2.74. The van der Waals surface area contributed by atoms with Gasteiger partial charge in [0.2, 0.25) is 0 Å². The van der Waals surface area contributed by atoms with Gasteiger partial charge in [-0.15, -0.1) is 0 Å². The molecule has 2 aromatic heterocycles. The van der Waals surface area contributed by atoms with Crippen LogP contribution in [-0.4, -0.2) is 9.36 Å². The molecule has 0 aliphatic carbocycles. The quantitative estimate of drug-likeness (QED) is 0.520. The van der Waals surface area contributed by atoms with Crippen LogP contribution in [0.2, 0.25) is 0 Å². The Morgan fingerprint density at radius 3 is 2.33 bits per heavy atom. The lowest BCUT2D eigenvalue weighted by Gasteiger charge is -2.11. The van der Waals surface area contributed by atoms with Crippen LogP contribution in [-0.2, 0) is 19.2 Å². The Balaban J connectivity index is 1.99. The van der Waals surface area contributed by atoms with Crippen LogP contribution in [0.1, 0.15) is 22.9 Å². The summed E-state index contributed by atoms with van der Waals surface area (Å²) in [5.41, 5.74) is 0.807. The molecule has 27 heavy (non-hydrogen) atoms. The molecule has 0 atom stereocenters. The third-order valence-corrected chi connectivity index (χ3v) is 4.74. The van der Waals surface area contributed by atoms with E-state index in [1.165, 1.54) is 0 Å². The minimum Gasteiger partial charge on any atom is -0.483 e. The predicted molar refractivity (Wildman–Crippen MR) is 90.4 cm³/mol. The summed E-state index contributed by atoms with van der Waals surface area (Å²) in [6.45, 7) is 1.22. The van der Waals surface area contributed by atoms with Crippen molar-refractivity contribution in [3.8, 4) is 17.1 Å². The topological polar surface area (TPSA) is 35.0 Å². The highest BCUT2D eigenvalue weighted by atomic mass is 32.1. The molecule has 0 amide bonds. The van der Waals surface area contributed by atoms with Gasteiger partial charge in [-0.25, -0.2) is 8.78 Å². The number of benzene rings is 1. The van der Waals surface area contributed by atoms with Crippen LogP contribution >= 0.6 is 11.5 Å². The molecule has 1 aromatic carbocycles. The van der Waals surface area contributed by atoms with Gasteiger partial charge in [0, 0.05) is 11.8 Å². The summed E-state index contributed by atoms with van der Waals surface area (Å²) >= 11 is 0.249. The monoisotopic (exact) mass is 400 g/mol. The summed E-state index contributed by atoms with van der Waals surface area (Å²) < 4.78 is 76.3. The highest BCUT2D eigenvalue weighted by Crippen LogP contribution is 2.40. The van der Waals surface area contributed by atoms with Gasteiger partial charge in [0.1, 0.15) is 17.2 Å². The number of hydrogen-bond donors (Lipinski definition) is 0. The molecule has 0 unspecified atom stereocenters. The number of alkyl halides is 3. The third kappa shape index (κ3) is 4.08. The SMILES string of the molecule is CCc1ccc(-c2nsc(C(F)(F)F)c2COc2c(F)cccc2F)nc1. The van der Waals surface area contributed by atoms with E-state index in [1.807, 2.05) is 6.92 Å². The van der Waals surface area contributed by atoms with Crippen molar-refractivity contribution in [3.63, 3.8) is 0 Å². The van der Waals surface area contributed by atoms with Crippen LogP contribution in [0.4, 0.5) is 22.0 Å². The number of rotatable bonds is 5. The lowest BCUT2D eigenvalue weighted by Crippen LogP contribution is -2.09.